The lowest BCUT2D eigenvalue weighted by Gasteiger charge is -2.24. The average Bonchev–Trinajstić information content (AvgIpc) is 3.22. The van der Waals surface area contributed by atoms with E-state index in [1.165, 1.54) is 141 Å². The van der Waals surface area contributed by atoms with E-state index in [0.717, 1.165) is 57.8 Å². The highest BCUT2D eigenvalue weighted by molar-refractivity contribution is 7.47. The maximum Gasteiger partial charge on any atom is 0.472 e. The molecule has 0 saturated heterocycles. The summed E-state index contributed by atoms with van der Waals surface area (Å²) in [6.07, 6.45) is 55.8. The number of hydrogen-bond acceptors (Lipinski definition) is 6. The molecule has 0 heterocycles. The first-order chi connectivity index (χ1) is 29.6. The van der Waals surface area contributed by atoms with Crippen molar-refractivity contribution in [2.24, 2.45) is 0 Å². The molecule has 9 heteroatoms. The fraction of sp³-hybridized carbons (Fsp3) is 0.827. The summed E-state index contributed by atoms with van der Waals surface area (Å²) in [4.78, 5) is 23.0. The number of phosphoric acid groups is 1. The van der Waals surface area contributed by atoms with Crippen LogP contribution in [-0.4, -0.2) is 75.6 Å². The van der Waals surface area contributed by atoms with Gasteiger partial charge >= 0.3 is 13.8 Å². The van der Waals surface area contributed by atoms with Crippen LogP contribution in [0, 0.1) is 0 Å². The Morgan fingerprint density at radius 1 is 0.525 bits per heavy atom. The van der Waals surface area contributed by atoms with Crippen LogP contribution in [0.1, 0.15) is 219 Å². The molecule has 0 radical (unpaired) electrons. The SMILES string of the molecule is CC/C=C\C/C=C\C/C=C\C/C=C\CCCCCCCCCCCCCOCC(COP(=O)(O)OCC[N+](C)(C)C)OC(=O)CCCCCCCCCCCCCCCCC. The molecule has 358 valence electrons. The molecule has 2 atom stereocenters. The van der Waals surface area contributed by atoms with E-state index in [1.54, 1.807) is 0 Å². The molecule has 0 aromatic heterocycles. The largest absolute Gasteiger partial charge is 0.472 e. The number of quaternary nitrogens is 1. The van der Waals surface area contributed by atoms with Gasteiger partial charge < -0.3 is 18.9 Å². The van der Waals surface area contributed by atoms with Crippen LogP contribution in [0.3, 0.4) is 0 Å². The number of rotatable bonds is 47. The lowest BCUT2D eigenvalue weighted by molar-refractivity contribution is -0.870. The van der Waals surface area contributed by atoms with Crippen LogP contribution in [0.25, 0.3) is 0 Å². The highest BCUT2D eigenvalue weighted by atomic mass is 31.2. The van der Waals surface area contributed by atoms with Crippen LogP contribution >= 0.6 is 7.82 Å². The molecule has 0 rings (SSSR count). The van der Waals surface area contributed by atoms with Crippen molar-refractivity contribution in [1.82, 2.24) is 0 Å². The molecule has 0 spiro atoms. The zero-order chi connectivity index (χ0) is 44.8. The summed E-state index contributed by atoms with van der Waals surface area (Å²) in [7, 11) is 1.67. The smallest absolute Gasteiger partial charge is 0.457 e. The number of phosphoric ester groups is 1. The molecule has 0 aliphatic heterocycles. The van der Waals surface area contributed by atoms with Gasteiger partial charge in [-0.1, -0.05) is 210 Å². The van der Waals surface area contributed by atoms with E-state index in [-0.39, 0.29) is 25.8 Å². The van der Waals surface area contributed by atoms with Gasteiger partial charge in [-0.2, -0.15) is 0 Å². The number of unbranched alkanes of at least 4 members (excludes halogenated alkanes) is 25. The monoisotopic (exact) mass is 881 g/mol. The van der Waals surface area contributed by atoms with E-state index in [4.69, 9.17) is 18.5 Å². The fourth-order valence-corrected chi connectivity index (χ4v) is 7.76. The molecule has 2 unspecified atom stereocenters. The summed E-state index contributed by atoms with van der Waals surface area (Å²) in [5, 5.41) is 0. The lowest BCUT2D eigenvalue weighted by Crippen LogP contribution is -2.37. The van der Waals surface area contributed by atoms with E-state index >= 15 is 0 Å². The van der Waals surface area contributed by atoms with Gasteiger partial charge in [0.15, 0.2) is 0 Å². The number of ether oxygens (including phenoxy) is 2. The van der Waals surface area contributed by atoms with Gasteiger partial charge in [-0.05, 0) is 51.4 Å². The molecule has 0 saturated carbocycles. The van der Waals surface area contributed by atoms with E-state index in [1.807, 2.05) is 21.1 Å². The number of carbonyl (C=O) groups excluding carboxylic acids is 1. The first-order valence-electron chi connectivity index (χ1n) is 25.4. The summed E-state index contributed by atoms with van der Waals surface area (Å²) in [5.74, 6) is -0.313. The second-order valence-corrected chi connectivity index (χ2v) is 19.6. The minimum atomic E-state index is -4.28. The van der Waals surface area contributed by atoms with Crippen LogP contribution in [0.2, 0.25) is 0 Å². The summed E-state index contributed by atoms with van der Waals surface area (Å²) >= 11 is 0. The second-order valence-electron chi connectivity index (χ2n) is 18.2. The van der Waals surface area contributed by atoms with Gasteiger partial charge in [-0.15, -0.1) is 0 Å². The number of esters is 1. The first-order valence-corrected chi connectivity index (χ1v) is 26.9. The Labute approximate surface area is 378 Å². The molecule has 0 bridgehead atoms. The topological polar surface area (TPSA) is 91.3 Å². The first kappa shape index (κ1) is 59.5. The van der Waals surface area contributed by atoms with Crippen LogP contribution in [0.5, 0.6) is 0 Å². The minimum Gasteiger partial charge on any atom is -0.457 e. The Balaban J connectivity index is 4.10. The van der Waals surface area contributed by atoms with E-state index in [2.05, 4.69) is 62.5 Å². The van der Waals surface area contributed by atoms with Crippen molar-refractivity contribution in [2.45, 2.75) is 225 Å². The minimum absolute atomic E-state index is 0.0885. The highest BCUT2D eigenvalue weighted by Gasteiger charge is 2.26. The molecule has 0 aromatic carbocycles. The van der Waals surface area contributed by atoms with Gasteiger partial charge in [0.05, 0.1) is 34.4 Å². The molecule has 0 aliphatic carbocycles. The quantitative estimate of drug-likeness (QED) is 0.0214. The summed E-state index contributed by atoms with van der Waals surface area (Å²) < 4.78 is 35.1. The number of carbonyl (C=O) groups is 1. The third-order valence-corrected chi connectivity index (χ3v) is 11.9. The van der Waals surface area contributed by atoms with Gasteiger partial charge in [-0.3, -0.25) is 13.8 Å². The molecule has 0 fully saturated rings. The van der Waals surface area contributed by atoms with E-state index < -0.39 is 13.9 Å². The Bertz CT molecular complexity index is 1120. The summed E-state index contributed by atoms with van der Waals surface area (Å²) in [5.41, 5.74) is 0. The second kappa shape index (κ2) is 45.0. The highest BCUT2D eigenvalue weighted by Crippen LogP contribution is 2.43. The number of nitrogens with zero attached hydrogens (tertiary/aromatic N) is 1. The van der Waals surface area contributed by atoms with Crippen molar-refractivity contribution in [1.29, 1.82) is 0 Å². The van der Waals surface area contributed by atoms with Gasteiger partial charge in [0, 0.05) is 13.0 Å². The van der Waals surface area contributed by atoms with Crippen LogP contribution in [0.15, 0.2) is 48.6 Å². The Morgan fingerprint density at radius 2 is 0.951 bits per heavy atom. The number of allylic oxidation sites excluding steroid dienone is 8. The maximum atomic E-state index is 12.7. The molecular weight excluding hydrogens is 782 g/mol. The molecule has 61 heavy (non-hydrogen) atoms. The van der Waals surface area contributed by atoms with Crippen molar-refractivity contribution in [3.63, 3.8) is 0 Å². The Kier molecular flexibility index (Phi) is 43.9. The van der Waals surface area contributed by atoms with Crippen LogP contribution < -0.4 is 0 Å². The predicted octanol–water partition coefficient (Wildman–Crippen LogP) is 15.5. The summed E-state index contributed by atoms with van der Waals surface area (Å²) in [6, 6.07) is 0. The van der Waals surface area contributed by atoms with Crippen molar-refractivity contribution >= 4 is 13.8 Å². The van der Waals surface area contributed by atoms with E-state index in [9.17, 15) is 14.3 Å². The van der Waals surface area contributed by atoms with Crippen molar-refractivity contribution in [2.75, 3.05) is 54.1 Å². The third kappa shape index (κ3) is 49.3. The van der Waals surface area contributed by atoms with Crippen LogP contribution in [-0.2, 0) is 27.9 Å². The average molecular weight is 881 g/mol. The fourth-order valence-electron chi connectivity index (χ4n) is 7.02. The number of likely N-dealkylation sites (N-methyl/N-ethyl adjacent to an activating group) is 1. The Morgan fingerprint density at radius 3 is 1.43 bits per heavy atom. The molecule has 0 aromatic rings. The van der Waals surface area contributed by atoms with Crippen LogP contribution in [0.4, 0.5) is 0 Å². The molecule has 0 aliphatic rings. The molecule has 0 amide bonds. The summed E-state index contributed by atoms with van der Waals surface area (Å²) in [6.45, 7) is 5.53. The van der Waals surface area contributed by atoms with Gasteiger partial charge in [-0.25, -0.2) is 4.57 Å². The number of hydrogen-bond donors (Lipinski definition) is 1. The standard InChI is InChI=1S/C52H98NO7P/c1-6-8-10-12-14-16-18-20-22-23-24-25-26-27-28-29-30-32-34-36-38-40-42-44-47-57-49-51(50-59-61(55,56)58-48-46-53(3,4)5)60-52(54)45-43-41-39-37-35-33-31-21-19-17-15-13-11-9-7-2/h8,10,14,16,20,22,24-25,51H,6-7,9,11-13,15,17-19,21,23,26-50H2,1-5H3/p+1/b10-8-,16-14-,22-20-,25-24-. The zero-order valence-electron chi connectivity index (χ0n) is 40.7. The Hall–Kier alpha value is -1.54. The van der Waals surface area contributed by atoms with Crippen molar-refractivity contribution in [3.05, 3.63) is 48.6 Å². The zero-order valence-corrected chi connectivity index (χ0v) is 41.5. The molecular formula is C52H99NO7P+. The molecule has 1 N–H and O–H groups in total. The van der Waals surface area contributed by atoms with Gasteiger partial charge in [0.2, 0.25) is 0 Å². The third-order valence-electron chi connectivity index (χ3n) is 10.9. The predicted molar refractivity (Wildman–Crippen MR) is 261 cm³/mol. The van der Waals surface area contributed by atoms with Crippen molar-refractivity contribution < 1.29 is 37.3 Å². The lowest BCUT2D eigenvalue weighted by atomic mass is 10.0. The van der Waals surface area contributed by atoms with Crippen molar-refractivity contribution in [3.8, 4) is 0 Å². The molecule has 8 nitrogen and oxygen atoms in total. The maximum absolute atomic E-state index is 12.7. The normalized spacial score (nSPS) is 14.0. The van der Waals surface area contributed by atoms with E-state index in [0.29, 0.717) is 24.1 Å². The van der Waals surface area contributed by atoms with Gasteiger partial charge in [0.1, 0.15) is 19.3 Å². The van der Waals surface area contributed by atoms with Gasteiger partial charge in [0.25, 0.3) is 0 Å².